The molecule has 1 unspecified atom stereocenters. The largest absolute Gasteiger partial charge is 0.444 e. The summed E-state index contributed by atoms with van der Waals surface area (Å²) < 4.78 is 5.12. The van der Waals surface area contributed by atoms with E-state index in [4.69, 9.17) is 4.74 Å². The van der Waals surface area contributed by atoms with Gasteiger partial charge in [-0.3, -0.25) is 0 Å². The van der Waals surface area contributed by atoms with Crippen LogP contribution in [0.1, 0.15) is 55.4 Å². The van der Waals surface area contributed by atoms with Gasteiger partial charge in [-0.1, -0.05) is 27.7 Å². The smallest absolute Gasteiger partial charge is 0.407 e. The molecule has 0 aliphatic carbocycles. The van der Waals surface area contributed by atoms with E-state index in [0.29, 0.717) is 0 Å². The third-order valence-electron chi connectivity index (χ3n) is 1.40. The fraction of sp³-hybridized carbons (Fsp3) is 0.929. The van der Waals surface area contributed by atoms with Crippen LogP contribution < -0.4 is 5.32 Å². The van der Waals surface area contributed by atoms with Crippen molar-refractivity contribution in [2.75, 3.05) is 20.6 Å². The van der Waals surface area contributed by atoms with Gasteiger partial charge < -0.3 is 15.0 Å². The summed E-state index contributed by atoms with van der Waals surface area (Å²) in [4.78, 5) is 13.3. The molecule has 4 heteroatoms. The number of nitrogens with zero attached hydrogens (tertiary/aromatic N) is 1. The van der Waals surface area contributed by atoms with Crippen molar-refractivity contribution in [2.45, 2.75) is 67.0 Å². The number of nitrogens with one attached hydrogen (secondary N) is 1. The van der Waals surface area contributed by atoms with E-state index < -0.39 is 5.60 Å². The van der Waals surface area contributed by atoms with Gasteiger partial charge >= 0.3 is 6.09 Å². The normalized spacial score (nSPS) is 11.5. The number of amides is 1. The minimum atomic E-state index is -0.429. The molecule has 0 aromatic carbocycles. The lowest BCUT2D eigenvalue weighted by molar-refractivity contribution is 0.0502. The van der Waals surface area contributed by atoms with E-state index in [-0.39, 0.29) is 12.1 Å². The van der Waals surface area contributed by atoms with Crippen LogP contribution in [0.15, 0.2) is 0 Å². The molecular weight excluding hydrogens is 228 g/mol. The van der Waals surface area contributed by atoms with Crippen molar-refractivity contribution in [2.24, 2.45) is 0 Å². The monoisotopic (exact) mass is 262 g/mol. The number of hydrogen-bond acceptors (Lipinski definition) is 3. The Kier molecular flexibility index (Phi) is 15.8. The molecule has 0 aromatic heterocycles. The standard InChI is InChI=1S/C10H22N2O2.2C2H6/c1-8(7-12(5)6)11-9(13)14-10(2,3)4;2*1-2/h8H,7H2,1-6H3,(H,11,13);2*1-2H3. The second-order valence-corrected chi connectivity index (χ2v) is 4.81. The van der Waals surface area contributed by atoms with Gasteiger partial charge in [-0.05, 0) is 41.8 Å². The van der Waals surface area contributed by atoms with E-state index in [0.717, 1.165) is 6.54 Å². The van der Waals surface area contributed by atoms with Crippen LogP contribution in [0.2, 0.25) is 0 Å². The average Bonchev–Trinajstić information content (AvgIpc) is 2.19. The topological polar surface area (TPSA) is 41.6 Å². The Hall–Kier alpha value is -0.770. The number of alkyl carbamates (subject to hydrolysis) is 1. The first kappa shape index (κ1) is 22.4. The van der Waals surface area contributed by atoms with Crippen LogP contribution in [-0.4, -0.2) is 43.3 Å². The van der Waals surface area contributed by atoms with Crippen LogP contribution in [0, 0.1) is 0 Å². The summed E-state index contributed by atoms with van der Waals surface area (Å²) >= 11 is 0. The fourth-order valence-electron chi connectivity index (χ4n) is 1.10. The molecule has 0 rings (SSSR count). The van der Waals surface area contributed by atoms with Crippen LogP contribution >= 0.6 is 0 Å². The van der Waals surface area contributed by atoms with Gasteiger partial charge in [-0.25, -0.2) is 4.79 Å². The molecule has 18 heavy (non-hydrogen) atoms. The minimum absolute atomic E-state index is 0.0971. The van der Waals surface area contributed by atoms with Gasteiger partial charge in [0.25, 0.3) is 0 Å². The third kappa shape index (κ3) is 20.6. The minimum Gasteiger partial charge on any atom is -0.444 e. The molecular formula is C14H34N2O2. The maximum atomic E-state index is 11.3. The van der Waals surface area contributed by atoms with E-state index in [1.54, 1.807) is 0 Å². The second kappa shape index (κ2) is 12.7. The number of carbonyl (C=O) groups excluding carboxylic acids is 1. The summed E-state index contributed by atoms with van der Waals surface area (Å²) in [5.41, 5.74) is -0.429. The molecule has 1 atom stereocenters. The van der Waals surface area contributed by atoms with Crippen molar-refractivity contribution in [3.8, 4) is 0 Å². The molecule has 0 saturated heterocycles. The zero-order valence-electron chi connectivity index (χ0n) is 14.0. The molecule has 0 saturated carbocycles. The van der Waals surface area contributed by atoms with E-state index >= 15 is 0 Å². The average molecular weight is 262 g/mol. The molecule has 1 amide bonds. The van der Waals surface area contributed by atoms with Gasteiger partial charge in [-0.2, -0.15) is 0 Å². The van der Waals surface area contributed by atoms with Crippen molar-refractivity contribution in [3.63, 3.8) is 0 Å². The Balaban J connectivity index is -0.000000506. The van der Waals surface area contributed by atoms with Gasteiger partial charge in [0.15, 0.2) is 0 Å². The van der Waals surface area contributed by atoms with Crippen molar-refractivity contribution in [3.05, 3.63) is 0 Å². The Bertz CT molecular complexity index is 187. The van der Waals surface area contributed by atoms with Crippen molar-refractivity contribution in [1.82, 2.24) is 10.2 Å². The van der Waals surface area contributed by atoms with Gasteiger partial charge in [0.1, 0.15) is 5.60 Å². The Morgan fingerprint density at radius 3 is 1.83 bits per heavy atom. The molecule has 0 heterocycles. The Morgan fingerprint density at radius 2 is 1.56 bits per heavy atom. The third-order valence-corrected chi connectivity index (χ3v) is 1.40. The van der Waals surface area contributed by atoms with Crippen molar-refractivity contribution >= 4 is 6.09 Å². The molecule has 0 aliphatic heterocycles. The van der Waals surface area contributed by atoms with Crippen LogP contribution in [0.5, 0.6) is 0 Å². The first-order valence-electron chi connectivity index (χ1n) is 6.85. The fourth-order valence-corrected chi connectivity index (χ4v) is 1.10. The Labute approximate surface area is 114 Å². The SMILES string of the molecule is CC.CC.CC(CN(C)C)NC(=O)OC(C)(C)C. The summed E-state index contributed by atoms with van der Waals surface area (Å²) in [6.45, 7) is 16.3. The van der Waals surface area contributed by atoms with Gasteiger partial charge in [-0.15, -0.1) is 0 Å². The molecule has 4 nitrogen and oxygen atoms in total. The number of rotatable bonds is 3. The lowest BCUT2D eigenvalue weighted by atomic mass is 10.2. The maximum absolute atomic E-state index is 11.3. The van der Waals surface area contributed by atoms with E-state index in [2.05, 4.69) is 5.32 Å². The number of ether oxygens (including phenoxy) is 1. The van der Waals surface area contributed by atoms with Crippen LogP contribution in [0.4, 0.5) is 4.79 Å². The van der Waals surface area contributed by atoms with Gasteiger partial charge in [0, 0.05) is 12.6 Å². The summed E-state index contributed by atoms with van der Waals surface area (Å²) in [5, 5.41) is 2.76. The predicted molar refractivity (Wildman–Crippen MR) is 80.1 cm³/mol. The Morgan fingerprint density at radius 1 is 1.17 bits per heavy atom. The zero-order valence-corrected chi connectivity index (χ0v) is 14.0. The lowest BCUT2D eigenvalue weighted by Crippen LogP contribution is -2.42. The van der Waals surface area contributed by atoms with Crippen LogP contribution in [0.25, 0.3) is 0 Å². The molecule has 0 radical (unpaired) electrons. The summed E-state index contributed by atoms with van der Waals surface area (Å²) in [6, 6.07) is 0.0971. The number of hydrogen-bond donors (Lipinski definition) is 1. The molecule has 112 valence electrons. The highest BCUT2D eigenvalue weighted by Gasteiger charge is 2.17. The van der Waals surface area contributed by atoms with Crippen LogP contribution in [-0.2, 0) is 4.74 Å². The first-order valence-corrected chi connectivity index (χ1v) is 6.85. The highest BCUT2D eigenvalue weighted by Crippen LogP contribution is 2.06. The van der Waals surface area contributed by atoms with Crippen LogP contribution in [0.3, 0.4) is 0 Å². The molecule has 0 spiro atoms. The lowest BCUT2D eigenvalue weighted by Gasteiger charge is -2.23. The maximum Gasteiger partial charge on any atom is 0.407 e. The number of likely N-dealkylation sites (N-methyl/N-ethyl adjacent to an activating group) is 1. The molecule has 0 bridgehead atoms. The van der Waals surface area contributed by atoms with Crippen molar-refractivity contribution in [1.29, 1.82) is 0 Å². The number of carbonyl (C=O) groups is 1. The van der Waals surface area contributed by atoms with Gasteiger partial charge in [0.2, 0.25) is 0 Å². The zero-order chi connectivity index (χ0) is 15.4. The molecule has 1 N–H and O–H groups in total. The highest BCUT2D eigenvalue weighted by molar-refractivity contribution is 5.68. The summed E-state index contributed by atoms with van der Waals surface area (Å²) in [7, 11) is 3.93. The quantitative estimate of drug-likeness (QED) is 0.846. The molecule has 0 fully saturated rings. The molecule has 0 aliphatic rings. The second-order valence-electron chi connectivity index (χ2n) is 4.81. The first-order chi connectivity index (χ1) is 8.20. The van der Waals surface area contributed by atoms with E-state index in [1.807, 2.05) is 74.4 Å². The molecule has 0 aromatic rings. The predicted octanol–water partition coefficient (Wildman–Crippen LogP) is 3.51. The summed E-state index contributed by atoms with van der Waals surface area (Å²) in [6.07, 6.45) is -0.355. The van der Waals surface area contributed by atoms with E-state index in [9.17, 15) is 4.79 Å². The van der Waals surface area contributed by atoms with E-state index in [1.165, 1.54) is 0 Å². The van der Waals surface area contributed by atoms with Crippen molar-refractivity contribution < 1.29 is 9.53 Å². The highest BCUT2D eigenvalue weighted by atomic mass is 16.6. The van der Waals surface area contributed by atoms with Gasteiger partial charge in [0.05, 0.1) is 0 Å². The summed E-state index contributed by atoms with van der Waals surface area (Å²) in [5.74, 6) is 0.